The number of aromatic carboxylic acids is 1. The summed E-state index contributed by atoms with van der Waals surface area (Å²) in [6.07, 6.45) is 2.33. The molecule has 2 rings (SSSR count). The fourth-order valence-corrected chi connectivity index (χ4v) is 3.11. The Hall–Kier alpha value is -1.56. The van der Waals surface area contributed by atoms with E-state index in [2.05, 4.69) is 4.98 Å². The minimum absolute atomic E-state index is 0.0503. The summed E-state index contributed by atoms with van der Waals surface area (Å²) in [7, 11) is 1.78. The molecule has 1 aliphatic rings. The van der Waals surface area contributed by atoms with E-state index >= 15 is 0 Å². The number of carboxylic acids is 1. The molecule has 1 atom stereocenters. The fourth-order valence-electron chi connectivity index (χ4n) is 1.84. The SMILES string of the molecule is CN(C(=O)c1ccc(C(=O)O)nc1)C1CCSC1. The van der Waals surface area contributed by atoms with Gasteiger partial charge in [0.15, 0.2) is 0 Å². The van der Waals surface area contributed by atoms with Crippen LogP contribution in [0.3, 0.4) is 0 Å². The second-order valence-electron chi connectivity index (χ2n) is 4.17. The van der Waals surface area contributed by atoms with Crippen LogP contribution in [0, 0.1) is 0 Å². The van der Waals surface area contributed by atoms with Crippen molar-refractivity contribution in [1.29, 1.82) is 0 Å². The number of thioether (sulfide) groups is 1. The van der Waals surface area contributed by atoms with Crippen LogP contribution >= 0.6 is 11.8 Å². The van der Waals surface area contributed by atoms with Crippen LogP contribution in [0.15, 0.2) is 18.3 Å². The Kier molecular flexibility index (Phi) is 3.86. The molecule has 0 radical (unpaired) electrons. The molecule has 0 saturated carbocycles. The van der Waals surface area contributed by atoms with Crippen LogP contribution in [0.1, 0.15) is 27.3 Å². The van der Waals surface area contributed by atoms with Crippen molar-refractivity contribution in [3.8, 4) is 0 Å². The molecular weight excluding hydrogens is 252 g/mol. The van der Waals surface area contributed by atoms with Crippen LogP contribution in [-0.2, 0) is 0 Å². The highest BCUT2D eigenvalue weighted by molar-refractivity contribution is 7.99. The summed E-state index contributed by atoms with van der Waals surface area (Å²) in [5.41, 5.74) is 0.380. The van der Waals surface area contributed by atoms with Crippen molar-refractivity contribution in [2.45, 2.75) is 12.5 Å². The lowest BCUT2D eigenvalue weighted by Gasteiger charge is -2.23. The van der Waals surface area contributed by atoms with Crippen molar-refractivity contribution in [3.63, 3.8) is 0 Å². The minimum Gasteiger partial charge on any atom is -0.477 e. The molecule has 1 amide bonds. The number of carbonyl (C=O) groups is 2. The van der Waals surface area contributed by atoms with Crippen molar-refractivity contribution in [3.05, 3.63) is 29.6 Å². The first-order valence-electron chi connectivity index (χ1n) is 5.64. The topological polar surface area (TPSA) is 70.5 Å². The second kappa shape index (κ2) is 5.39. The average molecular weight is 266 g/mol. The van der Waals surface area contributed by atoms with Crippen molar-refractivity contribution < 1.29 is 14.7 Å². The maximum absolute atomic E-state index is 12.1. The lowest BCUT2D eigenvalue weighted by atomic mass is 10.2. The Balaban J connectivity index is 2.10. The van der Waals surface area contributed by atoms with Gasteiger partial charge in [0.25, 0.3) is 5.91 Å². The highest BCUT2D eigenvalue weighted by Gasteiger charge is 2.24. The average Bonchev–Trinajstić information content (AvgIpc) is 2.91. The summed E-state index contributed by atoms with van der Waals surface area (Å²) in [4.78, 5) is 28.3. The molecule has 1 fully saturated rings. The van der Waals surface area contributed by atoms with E-state index in [4.69, 9.17) is 5.11 Å². The molecule has 1 aliphatic heterocycles. The molecule has 1 N–H and O–H groups in total. The molecule has 1 saturated heterocycles. The number of nitrogens with zero attached hydrogens (tertiary/aromatic N) is 2. The number of aromatic nitrogens is 1. The summed E-state index contributed by atoms with van der Waals surface area (Å²) in [6, 6.07) is 3.13. The quantitative estimate of drug-likeness (QED) is 0.894. The molecule has 0 spiro atoms. The third-order valence-electron chi connectivity index (χ3n) is 3.00. The largest absolute Gasteiger partial charge is 0.477 e. The number of carbonyl (C=O) groups excluding carboxylic acids is 1. The van der Waals surface area contributed by atoms with E-state index in [1.165, 1.54) is 18.3 Å². The Bertz CT molecular complexity index is 455. The number of hydrogen-bond donors (Lipinski definition) is 1. The zero-order chi connectivity index (χ0) is 13.1. The van der Waals surface area contributed by atoms with Crippen molar-refractivity contribution in [2.24, 2.45) is 0 Å². The third kappa shape index (κ3) is 2.64. The first-order valence-corrected chi connectivity index (χ1v) is 6.79. The molecule has 0 aliphatic carbocycles. The zero-order valence-corrected chi connectivity index (χ0v) is 10.8. The Morgan fingerprint density at radius 3 is 2.78 bits per heavy atom. The van der Waals surface area contributed by atoms with Crippen molar-refractivity contribution >= 4 is 23.6 Å². The van der Waals surface area contributed by atoms with Gasteiger partial charge in [-0.3, -0.25) is 4.79 Å². The molecule has 96 valence electrons. The minimum atomic E-state index is -1.09. The molecule has 18 heavy (non-hydrogen) atoms. The van der Waals surface area contributed by atoms with Crippen LogP contribution in [0.25, 0.3) is 0 Å². The maximum Gasteiger partial charge on any atom is 0.354 e. The lowest BCUT2D eigenvalue weighted by molar-refractivity contribution is 0.0686. The summed E-state index contributed by atoms with van der Waals surface area (Å²) in [5, 5.41) is 8.74. The lowest BCUT2D eigenvalue weighted by Crippen LogP contribution is -2.37. The van der Waals surface area contributed by atoms with Crippen molar-refractivity contribution in [1.82, 2.24) is 9.88 Å². The molecule has 5 nitrogen and oxygen atoms in total. The van der Waals surface area contributed by atoms with Crippen molar-refractivity contribution in [2.75, 3.05) is 18.6 Å². The Labute approximate surface area is 109 Å². The van der Waals surface area contributed by atoms with Gasteiger partial charge >= 0.3 is 5.97 Å². The first kappa shape index (κ1) is 12.9. The van der Waals surface area contributed by atoms with Gasteiger partial charge in [0.05, 0.1) is 5.56 Å². The molecule has 0 bridgehead atoms. The third-order valence-corrected chi connectivity index (χ3v) is 4.15. The van der Waals surface area contributed by atoms with Gasteiger partial charge in [-0.2, -0.15) is 11.8 Å². The maximum atomic E-state index is 12.1. The molecule has 1 aromatic heterocycles. The van der Waals surface area contributed by atoms with Gasteiger partial charge in [-0.1, -0.05) is 0 Å². The summed E-state index contributed by atoms with van der Waals surface area (Å²) in [6.45, 7) is 0. The molecule has 1 aromatic rings. The number of pyridine rings is 1. The molecule has 6 heteroatoms. The van der Waals surface area contributed by atoms with Crippen LogP contribution in [-0.4, -0.2) is 51.5 Å². The van der Waals surface area contributed by atoms with E-state index in [9.17, 15) is 9.59 Å². The fraction of sp³-hybridized carbons (Fsp3) is 0.417. The van der Waals surface area contributed by atoms with Gasteiger partial charge in [0.1, 0.15) is 5.69 Å². The van der Waals surface area contributed by atoms with Crippen LogP contribution < -0.4 is 0 Å². The molecule has 1 unspecified atom stereocenters. The standard InChI is InChI=1S/C12H14N2O3S/c1-14(9-4-5-18-7-9)11(15)8-2-3-10(12(16)17)13-6-8/h2-3,6,9H,4-5,7H2,1H3,(H,16,17). The summed E-state index contributed by atoms with van der Waals surface area (Å²) in [5.74, 6) is 0.850. The van der Waals surface area contributed by atoms with Gasteiger partial charge in [-0.25, -0.2) is 9.78 Å². The van der Waals surface area contributed by atoms with Crippen LogP contribution in [0.5, 0.6) is 0 Å². The molecule has 0 aromatic carbocycles. The van der Waals surface area contributed by atoms with E-state index in [1.807, 2.05) is 11.8 Å². The van der Waals surface area contributed by atoms with E-state index in [1.54, 1.807) is 11.9 Å². The van der Waals surface area contributed by atoms with Crippen LogP contribution in [0.4, 0.5) is 0 Å². The van der Waals surface area contributed by atoms with E-state index < -0.39 is 5.97 Å². The summed E-state index contributed by atoms with van der Waals surface area (Å²) < 4.78 is 0. The zero-order valence-electron chi connectivity index (χ0n) is 10.00. The molecular formula is C12H14N2O3S. The second-order valence-corrected chi connectivity index (χ2v) is 5.32. The Morgan fingerprint density at radius 1 is 1.50 bits per heavy atom. The number of hydrogen-bond acceptors (Lipinski definition) is 4. The summed E-state index contributed by atoms with van der Waals surface area (Å²) >= 11 is 1.84. The van der Waals surface area contributed by atoms with Crippen LogP contribution in [0.2, 0.25) is 0 Å². The number of carboxylic acid groups (broad SMARTS) is 1. The molecule has 2 heterocycles. The van der Waals surface area contributed by atoms with Gasteiger partial charge in [-0.05, 0) is 24.3 Å². The Morgan fingerprint density at radius 2 is 2.28 bits per heavy atom. The van der Waals surface area contributed by atoms with Gasteiger partial charge in [0.2, 0.25) is 0 Å². The highest BCUT2D eigenvalue weighted by Crippen LogP contribution is 2.22. The first-order chi connectivity index (χ1) is 8.59. The highest BCUT2D eigenvalue weighted by atomic mass is 32.2. The smallest absolute Gasteiger partial charge is 0.354 e. The number of amides is 1. The van der Waals surface area contributed by atoms with Gasteiger partial charge in [-0.15, -0.1) is 0 Å². The van der Waals surface area contributed by atoms with E-state index in [-0.39, 0.29) is 17.6 Å². The predicted octanol–water partition coefficient (Wildman–Crippen LogP) is 1.36. The monoisotopic (exact) mass is 266 g/mol. The van der Waals surface area contributed by atoms with Gasteiger partial charge in [0, 0.05) is 25.0 Å². The predicted molar refractivity (Wildman–Crippen MR) is 69.0 cm³/mol. The number of rotatable bonds is 3. The van der Waals surface area contributed by atoms with Gasteiger partial charge < -0.3 is 10.0 Å². The van der Waals surface area contributed by atoms with E-state index in [0.29, 0.717) is 5.56 Å². The normalized spacial score (nSPS) is 18.6. The van der Waals surface area contributed by atoms with E-state index in [0.717, 1.165) is 17.9 Å².